The maximum Gasteiger partial charge on any atom is 0.267 e. The maximum absolute atomic E-state index is 12.4. The lowest BCUT2D eigenvalue weighted by molar-refractivity contribution is 0.193. The molecule has 1 unspecified atom stereocenters. The molecule has 2 aromatic heterocycles. The second-order valence-corrected chi connectivity index (χ2v) is 7.04. The first kappa shape index (κ1) is 15.6. The fourth-order valence-electron chi connectivity index (χ4n) is 3.93. The molecule has 4 rings (SSSR count). The molecular weight excluding hydrogens is 304 g/mol. The van der Waals surface area contributed by atoms with Gasteiger partial charge in [-0.2, -0.15) is 5.10 Å². The fourth-order valence-corrected chi connectivity index (χ4v) is 3.93. The normalized spacial score (nSPS) is 21.1. The summed E-state index contributed by atoms with van der Waals surface area (Å²) in [5.74, 6) is 0.894. The molecule has 2 aliphatic rings. The average Bonchev–Trinajstić information content (AvgIpc) is 3.18. The Morgan fingerprint density at radius 3 is 2.96 bits per heavy atom. The van der Waals surface area contributed by atoms with Gasteiger partial charge < -0.3 is 4.52 Å². The van der Waals surface area contributed by atoms with Crippen LogP contribution in [0.15, 0.2) is 21.5 Å². The van der Waals surface area contributed by atoms with E-state index >= 15 is 0 Å². The Balaban J connectivity index is 1.50. The predicted octanol–water partition coefficient (Wildman–Crippen LogP) is 2.08. The van der Waals surface area contributed by atoms with Crippen molar-refractivity contribution in [3.63, 3.8) is 0 Å². The Bertz CT molecular complexity index is 780. The van der Waals surface area contributed by atoms with E-state index in [4.69, 9.17) is 4.52 Å². The zero-order valence-electron chi connectivity index (χ0n) is 14.2. The molecule has 0 aromatic carbocycles. The van der Waals surface area contributed by atoms with Crippen LogP contribution < -0.4 is 5.56 Å². The van der Waals surface area contributed by atoms with Crippen LogP contribution in [0.4, 0.5) is 0 Å². The van der Waals surface area contributed by atoms with E-state index in [1.54, 1.807) is 10.7 Å². The molecule has 0 saturated carbocycles. The van der Waals surface area contributed by atoms with Crippen molar-refractivity contribution in [3.05, 3.63) is 45.2 Å². The lowest BCUT2D eigenvalue weighted by atomic mass is 9.97. The second kappa shape index (κ2) is 6.51. The van der Waals surface area contributed by atoms with Crippen LogP contribution in [-0.2, 0) is 25.9 Å². The van der Waals surface area contributed by atoms with Crippen LogP contribution in [-0.4, -0.2) is 32.4 Å². The van der Waals surface area contributed by atoms with Crippen molar-refractivity contribution in [1.82, 2.24) is 19.8 Å². The van der Waals surface area contributed by atoms with Crippen LogP contribution in [0, 0.1) is 6.92 Å². The Labute approximate surface area is 141 Å². The summed E-state index contributed by atoms with van der Waals surface area (Å²) in [6, 6.07) is 4.13. The van der Waals surface area contributed by atoms with E-state index in [1.807, 2.05) is 13.0 Å². The molecule has 0 amide bonds. The summed E-state index contributed by atoms with van der Waals surface area (Å²) in [5.41, 5.74) is 3.23. The van der Waals surface area contributed by atoms with Gasteiger partial charge in [0, 0.05) is 18.2 Å². The van der Waals surface area contributed by atoms with Gasteiger partial charge in [0.2, 0.25) is 0 Å². The fraction of sp³-hybridized carbons (Fsp3) is 0.611. The van der Waals surface area contributed by atoms with Gasteiger partial charge in [0.15, 0.2) is 5.76 Å². The zero-order chi connectivity index (χ0) is 16.5. The van der Waals surface area contributed by atoms with E-state index < -0.39 is 0 Å². The third-order valence-corrected chi connectivity index (χ3v) is 5.19. The van der Waals surface area contributed by atoms with E-state index in [9.17, 15) is 4.79 Å². The van der Waals surface area contributed by atoms with Gasteiger partial charge in [0.1, 0.15) is 0 Å². The average molecular weight is 328 g/mol. The monoisotopic (exact) mass is 328 g/mol. The first-order valence-electron chi connectivity index (χ1n) is 8.95. The van der Waals surface area contributed by atoms with Gasteiger partial charge in [-0.25, -0.2) is 4.68 Å². The molecule has 0 N–H and O–H groups in total. The molecule has 0 spiro atoms. The van der Waals surface area contributed by atoms with E-state index in [2.05, 4.69) is 15.2 Å². The van der Waals surface area contributed by atoms with E-state index in [0.29, 0.717) is 12.6 Å². The number of fused-ring (bicyclic) bond motifs is 1. The maximum atomic E-state index is 12.4. The molecule has 1 aliphatic carbocycles. The van der Waals surface area contributed by atoms with E-state index in [-0.39, 0.29) is 5.56 Å². The molecule has 0 radical (unpaired) electrons. The molecule has 6 nitrogen and oxygen atoms in total. The number of hydrogen-bond donors (Lipinski definition) is 0. The first-order chi connectivity index (χ1) is 11.7. The Kier molecular flexibility index (Phi) is 4.22. The summed E-state index contributed by atoms with van der Waals surface area (Å²) in [5, 5.41) is 8.62. The predicted molar refractivity (Wildman–Crippen MR) is 89.8 cm³/mol. The highest BCUT2D eigenvalue weighted by molar-refractivity contribution is 5.20. The third-order valence-electron chi connectivity index (χ3n) is 5.19. The van der Waals surface area contributed by atoms with Gasteiger partial charge in [-0.15, -0.1) is 0 Å². The molecule has 6 heteroatoms. The first-order valence-corrected chi connectivity index (χ1v) is 8.95. The summed E-state index contributed by atoms with van der Waals surface area (Å²) in [7, 11) is 0. The lowest BCUT2D eigenvalue weighted by Crippen LogP contribution is -2.37. The quantitative estimate of drug-likeness (QED) is 0.860. The van der Waals surface area contributed by atoms with Crippen molar-refractivity contribution in [2.45, 2.75) is 64.6 Å². The summed E-state index contributed by atoms with van der Waals surface area (Å²) >= 11 is 0. The Hall–Kier alpha value is -1.95. The summed E-state index contributed by atoms with van der Waals surface area (Å²) in [6.45, 7) is 4.39. The molecule has 1 aliphatic heterocycles. The van der Waals surface area contributed by atoms with Crippen LogP contribution in [0.5, 0.6) is 0 Å². The van der Waals surface area contributed by atoms with Gasteiger partial charge in [-0.1, -0.05) is 5.16 Å². The van der Waals surface area contributed by atoms with Crippen LogP contribution in [0.3, 0.4) is 0 Å². The number of rotatable bonds is 4. The van der Waals surface area contributed by atoms with Crippen LogP contribution in [0.25, 0.3) is 0 Å². The van der Waals surface area contributed by atoms with E-state index in [1.165, 1.54) is 12.8 Å². The van der Waals surface area contributed by atoms with Gasteiger partial charge in [0.25, 0.3) is 5.56 Å². The van der Waals surface area contributed by atoms with Gasteiger partial charge in [-0.3, -0.25) is 9.69 Å². The van der Waals surface area contributed by atoms with Crippen molar-refractivity contribution in [1.29, 1.82) is 0 Å². The minimum Gasteiger partial charge on any atom is -0.360 e. The number of aryl methyl sites for hydroxylation is 3. The van der Waals surface area contributed by atoms with E-state index in [0.717, 1.165) is 61.5 Å². The lowest BCUT2D eigenvalue weighted by Gasteiger charge is -2.24. The SMILES string of the molecule is Cc1cc(CN2CCCC2Cn2nc3c(cc2=O)CCCC3)on1. The van der Waals surface area contributed by atoms with Crippen molar-refractivity contribution >= 4 is 0 Å². The Morgan fingerprint density at radius 1 is 1.25 bits per heavy atom. The molecule has 1 fully saturated rings. The molecule has 0 bridgehead atoms. The smallest absolute Gasteiger partial charge is 0.267 e. The minimum atomic E-state index is 0.0398. The van der Waals surface area contributed by atoms with Gasteiger partial charge in [0.05, 0.1) is 24.5 Å². The molecule has 128 valence electrons. The van der Waals surface area contributed by atoms with Crippen LogP contribution in [0.1, 0.15) is 48.4 Å². The number of likely N-dealkylation sites (tertiary alicyclic amines) is 1. The topological polar surface area (TPSA) is 64.2 Å². The Morgan fingerprint density at radius 2 is 2.12 bits per heavy atom. The summed E-state index contributed by atoms with van der Waals surface area (Å²) in [6.07, 6.45) is 6.60. The molecule has 1 saturated heterocycles. The molecular formula is C18H24N4O2. The summed E-state index contributed by atoms with van der Waals surface area (Å²) < 4.78 is 7.03. The van der Waals surface area contributed by atoms with Crippen LogP contribution >= 0.6 is 0 Å². The highest BCUT2D eigenvalue weighted by atomic mass is 16.5. The van der Waals surface area contributed by atoms with Crippen molar-refractivity contribution < 1.29 is 4.52 Å². The zero-order valence-corrected chi connectivity index (χ0v) is 14.2. The van der Waals surface area contributed by atoms with Crippen molar-refractivity contribution in [2.24, 2.45) is 0 Å². The van der Waals surface area contributed by atoms with Gasteiger partial charge in [-0.05, 0) is 57.6 Å². The second-order valence-electron chi connectivity index (χ2n) is 7.04. The number of nitrogens with zero attached hydrogens (tertiary/aromatic N) is 4. The highest BCUT2D eigenvalue weighted by Crippen LogP contribution is 2.22. The number of hydrogen-bond acceptors (Lipinski definition) is 5. The van der Waals surface area contributed by atoms with Crippen molar-refractivity contribution in [3.8, 4) is 0 Å². The molecule has 2 aromatic rings. The number of aromatic nitrogens is 3. The van der Waals surface area contributed by atoms with Crippen LogP contribution in [0.2, 0.25) is 0 Å². The molecule has 1 atom stereocenters. The standard InChI is InChI=1S/C18H24N4O2/c1-13-9-16(24-20-13)12-21-8-4-6-15(21)11-22-18(23)10-14-5-2-3-7-17(14)19-22/h9-10,15H,2-8,11-12H2,1H3. The van der Waals surface area contributed by atoms with Gasteiger partial charge >= 0.3 is 0 Å². The largest absolute Gasteiger partial charge is 0.360 e. The molecule has 3 heterocycles. The summed E-state index contributed by atoms with van der Waals surface area (Å²) in [4.78, 5) is 14.8. The van der Waals surface area contributed by atoms with Crippen molar-refractivity contribution in [2.75, 3.05) is 6.54 Å². The third kappa shape index (κ3) is 3.15. The minimum absolute atomic E-state index is 0.0398. The highest BCUT2D eigenvalue weighted by Gasteiger charge is 2.27. The molecule has 24 heavy (non-hydrogen) atoms.